The number of rotatable bonds is 4. The van der Waals surface area contributed by atoms with E-state index < -0.39 is 4.92 Å². The van der Waals surface area contributed by atoms with Crippen LogP contribution in [0, 0.1) is 10.1 Å². The average Bonchev–Trinajstić information content (AvgIpc) is 2.39. The summed E-state index contributed by atoms with van der Waals surface area (Å²) >= 11 is 9.11. The van der Waals surface area contributed by atoms with Crippen LogP contribution in [0.25, 0.3) is 0 Å². The summed E-state index contributed by atoms with van der Waals surface area (Å²) < 4.78 is 0.411. The molecule has 0 saturated carbocycles. The van der Waals surface area contributed by atoms with Gasteiger partial charge in [0.15, 0.2) is 0 Å². The van der Waals surface area contributed by atoms with Crippen LogP contribution in [0.15, 0.2) is 40.9 Å². The molecule has 0 aromatic heterocycles. The van der Waals surface area contributed by atoms with Crippen molar-refractivity contribution in [1.29, 1.82) is 0 Å². The lowest BCUT2D eigenvalue weighted by Crippen LogP contribution is -2.01. The van der Waals surface area contributed by atoms with Crippen LogP contribution >= 0.6 is 27.5 Å². The van der Waals surface area contributed by atoms with Crippen LogP contribution in [0.1, 0.15) is 5.56 Å². The molecule has 0 aliphatic heterocycles. The van der Waals surface area contributed by atoms with Gasteiger partial charge in [0.05, 0.1) is 9.40 Å². The third kappa shape index (κ3) is 3.20. The maximum Gasteiger partial charge on any atom is 0.285 e. The first-order chi connectivity index (χ1) is 9.49. The first-order valence-electron chi connectivity index (χ1n) is 5.63. The van der Waals surface area contributed by atoms with Gasteiger partial charge in [-0.2, -0.15) is 0 Å². The topological polar surface area (TPSA) is 75.4 Å². The summed E-state index contributed by atoms with van der Waals surface area (Å²) in [6, 6.07) is 9.55. The van der Waals surface area contributed by atoms with Gasteiger partial charge >= 0.3 is 0 Å². The first-order valence-corrected chi connectivity index (χ1v) is 6.80. The van der Waals surface area contributed by atoms with Crippen LogP contribution < -0.4 is 5.32 Å². The molecule has 2 rings (SSSR count). The summed E-state index contributed by atoms with van der Waals surface area (Å²) in [5, 5.41) is 24.0. The van der Waals surface area contributed by atoms with Gasteiger partial charge in [0.25, 0.3) is 5.69 Å². The zero-order chi connectivity index (χ0) is 14.7. The van der Waals surface area contributed by atoms with Crippen molar-refractivity contribution in [3.8, 4) is 5.75 Å². The summed E-state index contributed by atoms with van der Waals surface area (Å²) in [5.74, 6) is 0.0802. The van der Waals surface area contributed by atoms with E-state index in [9.17, 15) is 15.2 Å². The zero-order valence-corrected chi connectivity index (χ0v) is 12.5. The number of nitrogens with one attached hydrogen (secondary N) is 1. The van der Waals surface area contributed by atoms with Crippen molar-refractivity contribution in [2.75, 3.05) is 5.32 Å². The Bertz CT molecular complexity index is 644. The van der Waals surface area contributed by atoms with E-state index in [2.05, 4.69) is 21.2 Å². The van der Waals surface area contributed by atoms with Crippen molar-refractivity contribution in [3.63, 3.8) is 0 Å². The second kappa shape index (κ2) is 6.11. The molecule has 2 aromatic carbocycles. The second-order valence-corrected chi connectivity index (χ2v) is 5.28. The second-order valence-electron chi connectivity index (χ2n) is 4.01. The molecule has 0 fully saturated rings. The van der Waals surface area contributed by atoms with E-state index in [0.29, 0.717) is 20.7 Å². The summed E-state index contributed by atoms with van der Waals surface area (Å²) in [7, 11) is 0. The molecule has 5 nitrogen and oxygen atoms in total. The van der Waals surface area contributed by atoms with Crippen LogP contribution in [0.3, 0.4) is 0 Å². The van der Waals surface area contributed by atoms with Gasteiger partial charge in [0.1, 0.15) is 5.75 Å². The maximum absolute atomic E-state index is 10.8. The molecule has 0 aliphatic rings. The third-order valence-corrected chi connectivity index (χ3v) is 3.73. The number of hydrogen-bond donors (Lipinski definition) is 2. The molecule has 20 heavy (non-hydrogen) atoms. The summed E-state index contributed by atoms with van der Waals surface area (Å²) in [4.78, 5) is 10.4. The lowest BCUT2D eigenvalue weighted by atomic mass is 10.2. The Morgan fingerprint density at radius 3 is 2.75 bits per heavy atom. The van der Waals surface area contributed by atoms with Gasteiger partial charge in [-0.1, -0.05) is 17.7 Å². The predicted molar refractivity (Wildman–Crippen MR) is 81.2 cm³/mol. The Balaban J connectivity index is 2.19. The van der Waals surface area contributed by atoms with E-state index >= 15 is 0 Å². The number of anilines is 1. The van der Waals surface area contributed by atoms with E-state index in [4.69, 9.17) is 11.6 Å². The average molecular weight is 358 g/mol. The Labute approximate surface area is 128 Å². The number of aromatic hydroxyl groups is 1. The molecule has 0 aliphatic carbocycles. The molecule has 0 spiro atoms. The van der Waals surface area contributed by atoms with Gasteiger partial charge in [-0.3, -0.25) is 10.1 Å². The SMILES string of the molecule is O=[N+]([O-])c1cc(NCc2c(O)cccc2Cl)ccc1Br. The van der Waals surface area contributed by atoms with E-state index in [-0.39, 0.29) is 18.0 Å². The van der Waals surface area contributed by atoms with Gasteiger partial charge in [0, 0.05) is 28.9 Å². The first kappa shape index (κ1) is 14.6. The molecule has 2 N–H and O–H groups in total. The smallest absolute Gasteiger partial charge is 0.285 e. The van der Waals surface area contributed by atoms with E-state index in [0.717, 1.165) is 0 Å². The van der Waals surface area contributed by atoms with Crippen LogP contribution in [-0.2, 0) is 6.54 Å². The molecule has 0 amide bonds. The number of benzene rings is 2. The molecule has 104 valence electrons. The number of nitrogens with zero attached hydrogens (tertiary/aromatic N) is 1. The van der Waals surface area contributed by atoms with Gasteiger partial charge in [0.2, 0.25) is 0 Å². The highest BCUT2D eigenvalue weighted by atomic mass is 79.9. The maximum atomic E-state index is 10.8. The fourth-order valence-electron chi connectivity index (χ4n) is 1.68. The van der Waals surface area contributed by atoms with Gasteiger partial charge < -0.3 is 10.4 Å². The van der Waals surface area contributed by atoms with Crippen LogP contribution in [0.5, 0.6) is 5.75 Å². The van der Waals surface area contributed by atoms with Gasteiger partial charge in [-0.15, -0.1) is 0 Å². The molecular formula is C13H10BrClN2O3. The minimum Gasteiger partial charge on any atom is -0.508 e. The Morgan fingerprint density at radius 1 is 1.35 bits per heavy atom. The fourth-order valence-corrected chi connectivity index (χ4v) is 2.30. The molecule has 0 unspecified atom stereocenters. The van der Waals surface area contributed by atoms with E-state index in [1.165, 1.54) is 12.1 Å². The van der Waals surface area contributed by atoms with E-state index in [1.54, 1.807) is 24.3 Å². The lowest BCUT2D eigenvalue weighted by Gasteiger charge is -2.10. The van der Waals surface area contributed by atoms with Crippen molar-refractivity contribution >= 4 is 38.9 Å². The highest BCUT2D eigenvalue weighted by molar-refractivity contribution is 9.10. The third-order valence-electron chi connectivity index (χ3n) is 2.71. The van der Waals surface area contributed by atoms with Crippen LogP contribution in [-0.4, -0.2) is 10.0 Å². The van der Waals surface area contributed by atoms with Crippen molar-refractivity contribution in [1.82, 2.24) is 0 Å². The zero-order valence-electron chi connectivity index (χ0n) is 10.1. The number of nitro benzene ring substituents is 1. The number of phenols is 1. The van der Waals surface area contributed by atoms with Crippen molar-refractivity contribution < 1.29 is 10.0 Å². The largest absolute Gasteiger partial charge is 0.508 e. The minimum atomic E-state index is -0.470. The van der Waals surface area contributed by atoms with Crippen molar-refractivity contribution in [2.45, 2.75) is 6.54 Å². The molecule has 2 aromatic rings. The highest BCUT2D eigenvalue weighted by Crippen LogP contribution is 2.30. The predicted octanol–water partition coefficient (Wildman–Crippen LogP) is 4.33. The quantitative estimate of drug-likeness (QED) is 0.631. The van der Waals surface area contributed by atoms with Gasteiger partial charge in [-0.05, 0) is 40.2 Å². The Morgan fingerprint density at radius 2 is 2.10 bits per heavy atom. The highest BCUT2D eigenvalue weighted by Gasteiger charge is 2.13. The van der Waals surface area contributed by atoms with E-state index in [1.807, 2.05) is 0 Å². The number of nitro groups is 1. The molecule has 0 saturated heterocycles. The summed E-state index contributed by atoms with van der Waals surface area (Å²) in [6.45, 7) is 0.268. The number of phenolic OH excluding ortho intramolecular Hbond substituents is 1. The molecule has 0 heterocycles. The molecule has 0 bridgehead atoms. The number of halogens is 2. The van der Waals surface area contributed by atoms with Crippen molar-refractivity contribution in [3.05, 3.63) is 61.6 Å². The Hall–Kier alpha value is -1.79. The molecule has 0 atom stereocenters. The molecular weight excluding hydrogens is 348 g/mol. The number of hydrogen-bond acceptors (Lipinski definition) is 4. The minimum absolute atomic E-state index is 0.0293. The molecule has 7 heteroatoms. The van der Waals surface area contributed by atoms with Crippen LogP contribution in [0.2, 0.25) is 5.02 Å². The summed E-state index contributed by atoms with van der Waals surface area (Å²) in [6.07, 6.45) is 0. The van der Waals surface area contributed by atoms with Gasteiger partial charge in [-0.25, -0.2) is 0 Å². The Kier molecular flexibility index (Phi) is 4.46. The van der Waals surface area contributed by atoms with Crippen molar-refractivity contribution in [2.24, 2.45) is 0 Å². The lowest BCUT2D eigenvalue weighted by molar-refractivity contribution is -0.385. The monoisotopic (exact) mass is 356 g/mol. The summed E-state index contributed by atoms with van der Waals surface area (Å²) in [5.41, 5.74) is 1.08. The molecule has 0 radical (unpaired) electrons. The fraction of sp³-hybridized carbons (Fsp3) is 0.0769. The standard InChI is InChI=1S/C13H10BrClN2O3/c14-10-5-4-8(6-12(10)17(19)20)16-7-9-11(15)2-1-3-13(9)18/h1-6,16,18H,7H2. The normalized spacial score (nSPS) is 10.3. The van der Waals surface area contributed by atoms with Crippen LogP contribution in [0.4, 0.5) is 11.4 Å².